The fourth-order valence-electron chi connectivity index (χ4n) is 1.05. The molecule has 86 valence electrons. The van der Waals surface area contributed by atoms with Gasteiger partial charge in [0.05, 0.1) is 29.4 Å². The van der Waals surface area contributed by atoms with E-state index >= 15 is 0 Å². The van der Waals surface area contributed by atoms with Crippen LogP contribution in [0.25, 0.3) is 0 Å². The SMILES string of the molecule is CCO/C=C/C(=O)CS(=O)[13c]1ccccc1. The van der Waals surface area contributed by atoms with Crippen LogP contribution in [0.1, 0.15) is 6.92 Å². The van der Waals surface area contributed by atoms with E-state index in [4.69, 9.17) is 4.74 Å². The van der Waals surface area contributed by atoms with Gasteiger partial charge >= 0.3 is 0 Å². The minimum Gasteiger partial charge on any atom is -0.501 e. The number of carbonyl (C=O) groups excluding carboxylic acids is 1. The Balaban J connectivity index is 2.49. The van der Waals surface area contributed by atoms with Gasteiger partial charge in [0.2, 0.25) is 0 Å². The molecule has 4 heteroatoms. The van der Waals surface area contributed by atoms with E-state index in [1.165, 1.54) is 12.3 Å². The van der Waals surface area contributed by atoms with Crippen LogP contribution in [0, 0.1) is 0 Å². The number of allylic oxidation sites excluding steroid dienone is 1. The lowest BCUT2D eigenvalue weighted by atomic mass is 10.4. The molecule has 0 amide bonds. The van der Waals surface area contributed by atoms with E-state index in [0.717, 1.165) is 0 Å². The van der Waals surface area contributed by atoms with Gasteiger partial charge in [-0.25, -0.2) is 0 Å². The van der Waals surface area contributed by atoms with Gasteiger partial charge in [-0.2, -0.15) is 0 Å². The molecule has 0 saturated heterocycles. The zero-order chi connectivity index (χ0) is 11.8. The number of rotatable bonds is 6. The highest BCUT2D eigenvalue weighted by Crippen LogP contribution is 2.05. The molecule has 0 radical (unpaired) electrons. The highest BCUT2D eigenvalue weighted by Gasteiger charge is 2.07. The van der Waals surface area contributed by atoms with Crippen LogP contribution < -0.4 is 0 Å². The summed E-state index contributed by atoms with van der Waals surface area (Å²) in [5.41, 5.74) is 0. The van der Waals surface area contributed by atoms with E-state index in [9.17, 15) is 9.00 Å². The highest BCUT2D eigenvalue weighted by atomic mass is 32.2. The third kappa shape index (κ3) is 4.40. The molecular weight excluding hydrogens is 225 g/mol. The second-order valence-corrected chi connectivity index (χ2v) is 4.48. The van der Waals surface area contributed by atoms with Gasteiger partial charge in [-0.1, -0.05) is 18.2 Å². The molecule has 0 saturated carbocycles. The lowest BCUT2D eigenvalue weighted by molar-refractivity contribution is -0.112. The zero-order valence-corrected chi connectivity index (χ0v) is 9.91. The normalized spacial score (nSPS) is 12.6. The molecule has 1 aromatic rings. The molecule has 3 nitrogen and oxygen atoms in total. The Labute approximate surface area is 97.6 Å². The average Bonchev–Trinajstić information content (AvgIpc) is 2.30. The van der Waals surface area contributed by atoms with Crippen molar-refractivity contribution in [1.82, 2.24) is 0 Å². The molecule has 0 aromatic heterocycles. The number of hydrogen-bond donors (Lipinski definition) is 0. The topological polar surface area (TPSA) is 43.4 Å². The van der Waals surface area contributed by atoms with E-state index in [1.54, 1.807) is 24.3 Å². The van der Waals surface area contributed by atoms with Crippen molar-refractivity contribution in [3.05, 3.63) is 42.7 Å². The second kappa shape index (κ2) is 6.95. The molecule has 1 unspecified atom stereocenters. The number of ether oxygens (including phenoxy) is 1. The monoisotopic (exact) mass is 239 g/mol. The maximum atomic E-state index is 11.7. The maximum Gasteiger partial charge on any atom is 0.171 e. The summed E-state index contributed by atoms with van der Waals surface area (Å²) in [7, 11) is -1.28. The standard InChI is InChI=1S/C12H14O3S/c1-2-15-9-8-11(13)10-16(14)12-6-4-3-5-7-12/h3-9H,2,10H2,1H3/b9-8+/i12+1. The summed E-state index contributed by atoms with van der Waals surface area (Å²) < 4.78 is 16.6. The fourth-order valence-corrected chi connectivity index (χ4v) is 2.04. The Morgan fingerprint density at radius 3 is 2.69 bits per heavy atom. The smallest absolute Gasteiger partial charge is 0.171 e. The summed E-state index contributed by atoms with van der Waals surface area (Å²) in [6.07, 6.45) is 2.65. The minimum atomic E-state index is -1.28. The highest BCUT2D eigenvalue weighted by molar-refractivity contribution is 7.85. The third-order valence-electron chi connectivity index (χ3n) is 1.80. The van der Waals surface area contributed by atoms with E-state index in [0.29, 0.717) is 11.5 Å². The molecule has 0 aliphatic heterocycles. The van der Waals surface area contributed by atoms with Crippen LogP contribution in [0.2, 0.25) is 0 Å². The second-order valence-electron chi connectivity index (χ2n) is 3.03. The lowest BCUT2D eigenvalue weighted by Gasteiger charge is -1.98. The van der Waals surface area contributed by atoms with E-state index in [-0.39, 0.29) is 11.5 Å². The van der Waals surface area contributed by atoms with Crippen molar-refractivity contribution in [1.29, 1.82) is 0 Å². The van der Waals surface area contributed by atoms with E-state index < -0.39 is 10.8 Å². The van der Waals surface area contributed by atoms with Crippen LogP contribution in [-0.4, -0.2) is 22.4 Å². The molecule has 1 aromatic carbocycles. The number of benzene rings is 1. The molecule has 0 heterocycles. The summed E-state index contributed by atoms with van der Waals surface area (Å²) in [6.45, 7) is 2.35. The summed E-state index contributed by atoms with van der Waals surface area (Å²) in [4.78, 5) is 12.0. The fraction of sp³-hybridized carbons (Fsp3) is 0.250. The van der Waals surface area contributed by atoms with Crippen LogP contribution in [0.15, 0.2) is 47.6 Å². The van der Waals surface area contributed by atoms with Crippen LogP contribution in [-0.2, 0) is 20.3 Å². The van der Waals surface area contributed by atoms with Crippen molar-refractivity contribution in [2.24, 2.45) is 0 Å². The quantitative estimate of drug-likeness (QED) is 0.562. The van der Waals surface area contributed by atoms with Crippen LogP contribution in [0.3, 0.4) is 0 Å². The van der Waals surface area contributed by atoms with Gasteiger partial charge in [-0.3, -0.25) is 9.00 Å². The minimum absolute atomic E-state index is 0.00636. The van der Waals surface area contributed by atoms with E-state index in [2.05, 4.69) is 0 Å². The van der Waals surface area contributed by atoms with Crippen LogP contribution >= 0.6 is 0 Å². The van der Waals surface area contributed by atoms with Crippen molar-refractivity contribution in [2.45, 2.75) is 11.8 Å². The Hall–Kier alpha value is -1.42. The number of hydrogen-bond acceptors (Lipinski definition) is 3. The Kier molecular flexibility index (Phi) is 5.50. The molecule has 16 heavy (non-hydrogen) atoms. The molecule has 0 N–H and O–H groups in total. The molecule has 0 bridgehead atoms. The summed E-state index contributed by atoms with van der Waals surface area (Å²) >= 11 is 0. The first kappa shape index (κ1) is 12.6. The summed E-state index contributed by atoms with van der Waals surface area (Å²) in [6, 6.07) is 8.93. The van der Waals surface area contributed by atoms with Crippen LogP contribution in [0.5, 0.6) is 0 Å². The largest absolute Gasteiger partial charge is 0.501 e. The van der Waals surface area contributed by atoms with Crippen molar-refractivity contribution in [3.63, 3.8) is 0 Å². The van der Waals surface area contributed by atoms with Gasteiger partial charge in [-0.15, -0.1) is 0 Å². The Morgan fingerprint density at radius 2 is 2.06 bits per heavy atom. The van der Waals surface area contributed by atoms with Crippen LogP contribution in [0.4, 0.5) is 0 Å². The van der Waals surface area contributed by atoms with Gasteiger partial charge in [-0.05, 0) is 19.1 Å². The predicted molar refractivity (Wildman–Crippen MR) is 63.5 cm³/mol. The molecule has 0 spiro atoms. The zero-order valence-electron chi connectivity index (χ0n) is 9.09. The Bertz CT molecular complexity index is 385. The molecule has 1 atom stereocenters. The molecule has 0 aliphatic carbocycles. The first-order chi connectivity index (χ1) is 7.74. The number of ketones is 1. The van der Waals surface area contributed by atoms with Gasteiger partial charge in [0.1, 0.15) is 0 Å². The summed E-state index contributed by atoms with van der Waals surface area (Å²) in [5, 5.41) is 0. The van der Waals surface area contributed by atoms with Gasteiger partial charge < -0.3 is 4.74 Å². The molecule has 1 rings (SSSR count). The summed E-state index contributed by atoms with van der Waals surface area (Å²) in [5.74, 6) is -0.205. The first-order valence-electron chi connectivity index (χ1n) is 4.98. The maximum absolute atomic E-state index is 11.7. The molecule has 0 fully saturated rings. The molecular formula is C12H14O3S. The molecule has 0 aliphatic rings. The van der Waals surface area contributed by atoms with Crippen molar-refractivity contribution < 1.29 is 13.7 Å². The van der Waals surface area contributed by atoms with Crippen molar-refractivity contribution >= 4 is 16.6 Å². The van der Waals surface area contributed by atoms with Crippen molar-refractivity contribution in [3.8, 4) is 0 Å². The van der Waals surface area contributed by atoms with E-state index in [1.807, 2.05) is 13.0 Å². The van der Waals surface area contributed by atoms with Gasteiger partial charge in [0, 0.05) is 11.0 Å². The third-order valence-corrected chi connectivity index (χ3v) is 3.14. The lowest BCUT2D eigenvalue weighted by Crippen LogP contribution is -2.07. The van der Waals surface area contributed by atoms with Gasteiger partial charge in [0.15, 0.2) is 5.78 Å². The van der Waals surface area contributed by atoms with Crippen molar-refractivity contribution in [2.75, 3.05) is 12.4 Å². The van der Waals surface area contributed by atoms with Gasteiger partial charge in [0.25, 0.3) is 0 Å². The Morgan fingerprint density at radius 1 is 1.38 bits per heavy atom. The first-order valence-corrected chi connectivity index (χ1v) is 6.30. The average molecular weight is 239 g/mol. The number of carbonyl (C=O) groups is 1. The predicted octanol–water partition coefficient (Wildman–Crippen LogP) is 1.91.